The van der Waals surface area contributed by atoms with Crippen LogP contribution in [0, 0.1) is 0 Å². The summed E-state index contributed by atoms with van der Waals surface area (Å²) in [4.78, 5) is 29.6. The van der Waals surface area contributed by atoms with Crippen molar-refractivity contribution < 1.29 is 18.0 Å². The number of carbonyl (C=O) groups is 2. The first-order chi connectivity index (χ1) is 20.2. The summed E-state index contributed by atoms with van der Waals surface area (Å²) in [5, 5.41) is 3.79. The number of amides is 2. The lowest BCUT2D eigenvalue weighted by Crippen LogP contribution is -2.52. The van der Waals surface area contributed by atoms with Crippen molar-refractivity contribution in [3.8, 4) is 0 Å². The minimum Gasteiger partial charge on any atom is -0.352 e. The van der Waals surface area contributed by atoms with E-state index in [9.17, 15) is 18.0 Å². The zero-order valence-corrected chi connectivity index (χ0v) is 25.7. The second-order valence-corrected chi connectivity index (χ2v) is 13.4. The third-order valence-electron chi connectivity index (χ3n) is 7.78. The van der Waals surface area contributed by atoms with Crippen molar-refractivity contribution in [2.45, 2.75) is 74.9 Å². The molecule has 4 rings (SSSR count). The van der Waals surface area contributed by atoms with E-state index in [1.54, 1.807) is 47.4 Å². The Morgan fingerprint density at radius 1 is 0.905 bits per heavy atom. The third kappa shape index (κ3) is 8.90. The van der Waals surface area contributed by atoms with E-state index in [-0.39, 0.29) is 42.3 Å². The summed E-state index contributed by atoms with van der Waals surface area (Å²) >= 11 is 6.28. The van der Waals surface area contributed by atoms with Crippen LogP contribution in [0.2, 0.25) is 5.02 Å². The Labute approximate surface area is 254 Å². The minimum atomic E-state index is -3.67. The molecule has 0 bridgehead atoms. The van der Waals surface area contributed by atoms with E-state index in [0.29, 0.717) is 17.9 Å². The van der Waals surface area contributed by atoms with Crippen LogP contribution in [0.4, 0.5) is 0 Å². The van der Waals surface area contributed by atoms with E-state index >= 15 is 0 Å². The molecule has 0 aliphatic heterocycles. The standard InChI is InChI=1S/C33H40ClN3O4S/c1-36(42(40,41)30-19-9-4-10-20-30)22-12-21-32(38)37(25-27-15-11-16-28(34)23-27)31(24-26-13-5-2-6-14-26)33(39)35-29-17-7-3-8-18-29/h2,4-6,9-11,13-16,19-20,23,29,31H,3,7-8,12,17-18,21-22,24-25H2,1H3,(H,35,39)/t31-/m0/s1. The molecule has 0 aromatic heterocycles. The maximum absolute atomic E-state index is 13.9. The average molecular weight is 610 g/mol. The highest BCUT2D eigenvalue weighted by Crippen LogP contribution is 2.22. The largest absolute Gasteiger partial charge is 0.352 e. The van der Waals surface area contributed by atoms with Crippen LogP contribution in [0.3, 0.4) is 0 Å². The molecule has 1 saturated carbocycles. The van der Waals surface area contributed by atoms with E-state index in [0.717, 1.165) is 36.8 Å². The van der Waals surface area contributed by atoms with Gasteiger partial charge in [0, 0.05) is 44.0 Å². The zero-order chi connectivity index (χ0) is 30.0. The molecule has 9 heteroatoms. The van der Waals surface area contributed by atoms with Gasteiger partial charge in [0.25, 0.3) is 0 Å². The van der Waals surface area contributed by atoms with Crippen molar-refractivity contribution in [1.29, 1.82) is 0 Å². The molecular formula is C33H40ClN3O4S. The molecule has 0 saturated heterocycles. The van der Waals surface area contributed by atoms with Crippen molar-refractivity contribution in [2.75, 3.05) is 13.6 Å². The SMILES string of the molecule is CN(CCCC(=O)N(Cc1cccc(Cl)c1)[C@@H](Cc1ccccc1)C(=O)NC1CCCCC1)S(=O)(=O)c1ccccc1. The molecule has 7 nitrogen and oxygen atoms in total. The van der Waals surface area contributed by atoms with Gasteiger partial charge in [-0.15, -0.1) is 0 Å². The number of sulfonamides is 1. The second kappa shape index (κ2) is 15.3. The van der Waals surface area contributed by atoms with Gasteiger partial charge in [-0.05, 0) is 54.7 Å². The molecule has 1 aliphatic rings. The van der Waals surface area contributed by atoms with Gasteiger partial charge in [-0.1, -0.05) is 91.5 Å². The number of rotatable bonds is 13. The normalized spacial score (nSPS) is 14.8. The highest BCUT2D eigenvalue weighted by atomic mass is 35.5. The zero-order valence-electron chi connectivity index (χ0n) is 24.1. The molecule has 3 aromatic rings. The average Bonchev–Trinajstić information content (AvgIpc) is 3.00. The van der Waals surface area contributed by atoms with E-state index in [4.69, 9.17) is 11.6 Å². The fourth-order valence-electron chi connectivity index (χ4n) is 5.42. The lowest BCUT2D eigenvalue weighted by molar-refractivity contribution is -0.141. The fraction of sp³-hybridized carbons (Fsp3) is 0.394. The first-order valence-corrected chi connectivity index (χ1v) is 16.5. The predicted octanol–water partition coefficient (Wildman–Crippen LogP) is 5.83. The van der Waals surface area contributed by atoms with Crippen LogP contribution in [0.15, 0.2) is 89.8 Å². The summed E-state index contributed by atoms with van der Waals surface area (Å²) in [6.45, 7) is 0.388. The monoisotopic (exact) mass is 609 g/mol. The number of hydrogen-bond donors (Lipinski definition) is 1. The maximum Gasteiger partial charge on any atom is 0.243 e. The van der Waals surface area contributed by atoms with Crippen LogP contribution in [0.5, 0.6) is 0 Å². The lowest BCUT2D eigenvalue weighted by Gasteiger charge is -2.33. The van der Waals surface area contributed by atoms with Gasteiger partial charge in [-0.3, -0.25) is 9.59 Å². The minimum absolute atomic E-state index is 0.0945. The first-order valence-electron chi connectivity index (χ1n) is 14.6. The van der Waals surface area contributed by atoms with Gasteiger partial charge in [0.05, 0.1) is 4.90 Å². The Kier molecular flexibility index (Phi) is 11.6. The highest BCUT2D eigenvalue weighted by Gasteiger charge is 2.32. The van der Waals surface area contributed by atoms with Crippen LogP contribution in [-0.2, 0) is 32.6 Å². The van der Waals surface area contributed by atoms with Crippen LogP contribution >= 0.6 is 11.6 Å². The third-order valence-corrected chi connectivity index (χ3v) is 9.89. The Bertz CT molecular complexity index is 1410. The quantitative estimate of drug-likeness (QED) is 0.264. The molecule has 42 heavy (non-hydrogen) atoms. The molecular weight excluding hydrogens is 570 g/mol. The molecule has 2 amide bonds. The first kappa shape index (κ1) is 31.7. The van der Waals surface area contributed by atoms with Gasteiger partial charge in [0.1, 0.15) is 6.04 Å². The van der Waals surface area contributed by atoms with Crippen molar-refractivity contribution in [3.05, 3.63) is 101 Å². The van der Waals surface area contributed by atoms with Gasteiger partial charge in [0.2, 0.25) is 21.8 Å². The van der Waals surface area contributed by atoms with Gasteiger partial charge in [-0.25, -0.2) is 12.7 Å². The number of halogens is 1. The molecule has 0 spiro atoms. The van der Waals surface area contributed by atoms with Crippen molar-refractivity contribution >= 4 is 33.4 Å². The summed E-state index contributed by atoms with van der Waals surface area (Å²) in [7, 11) is -2.15. The van der Waals surface area contributed by atoms with Gasteiger partial charge in [-0.2, -0.15) is 0 Å². The molecule has 3 aromatic carbocycles. The summed E-state index contributed by atoms with van der Waals surface area (Å²) in [6.07, 6.45) is 5.99. The molecule has 1 fully saturated rings. The van der Waals surface area contributed by atoms with Gasteiger partial charge in [0.15, 0.2) is 0 Å². The second-order valence-electron chi connectivity index (χ2n) is 10.9. The molecule has 1 N–H and O–H groups in total. The summed E-state index contributed by atoms with van der Waals surface area (Å²) in [5.41, 5.74) is 1.78. The van der Waals surface area contributed by atoms with Crippen molar-refractivity contribution in [2.24, 2.45) is 0 Å². The van der Waals surface area contributed by atoms with Crippen LogP contribution < -0.4 is 5.32 Å². The Morgan fingerprint density at radius 2 is 1.55 bits per heavy atom. The lowest BCUT2D eigenvalue weighted by atomic mass is 9.94. The maximum atomic E-state index is 13.9. The predicted molar refractivity (Wildman–Crippen MR) is 166 cm³/mol. The van der Waals surface area contributed by atoms with E-state index in [1.165, 1.54) is 17.8 Å². The summed E-state index contributed by atoms with van der Waals surface area (Å²) < 4.78 is 27.2. The number of hydrogen-bond acceptors (Lipinski definition) is 4. The molecule has 0 heterocycles. The van der Waals surface area contributed by atoms with Crippen LogP contribution in [0.25, 0.3) is 0 Å². The van der Waals surface area contributed by atoms with Crippen molar-refractivity contribution in [3.63, 3.8) is 0 Å². The Morgan fingerprint density at radius 3 is 2.21 bits per heavy atom. The fourth-order valence-corrected chi connectivity index (χ4v) is 6.86. The number of nitrogens with one attached hydrogen (secondary N) is 1. The molecule has 0 radical (unpaired) electrons. The summed E-state index contributed by atoms with van der Waals surface area (Å²) in [6, 6.07) is 24.6. The number of carbonyl (C=O) groups excluding carboxylic acids is 2. The molecule has 224 valence electrons. The molecule has 0 unspecified atom stereocenters. The van der Waals surface area contributed by atoms with E-state index in [2.05, 4.69) is 5.32 Å². The Balaban J connectivity index is 1.54. The number of benzene rings is 3. The number of nitrogens with zero attached hydrogens (tertiary/aromatic N) is 2. The van der Waals surface area contributed by atoms with E-state index in [1.807, 2.05) is 42.5 Å². The van der Waals surface area contributed by atoms with Gasteiger partial charge < -0.3 is 10.2 Å². The summed E-state index contributed by atoms with van der Waals surface area (Å²) in [5.74, 6) is -0.370. The highest BCUT2D eigenvalue weighted by molar-refractivity contribution is 7.89. The van der Waals surface area contributed by atoms with Gasteiger partial charge >= 0.3 is 0 Å². The van der Waals surface area contributed by atoms with E-state index < -0.39 is 16.1 Å². The Hall–Kier alpha value is -3.20. The van der Waals surface area contributed by atoms with Crippen LogP contribution in [0.1, 0.15) is 56.1 Å². The van der Waals surface area contributed by atoms with Crippen molar-refractivity contribution in [1.82, 2.24) is 14.5 Å². The topological polar surface area (TPSA) is 86.8 Å². The molecule has 1 aliphatic carbocycles. The molecule has 1 atom stereocenters. The van der Waals surface area contributed by atoms with Crippen LogP contribution in [-0.4, -0.2) is 55.1 Å². The smallest absolute Gasteiger partial charge is 0.243 e.